The minimum atomic E-state index is -0.344. The maximum absolute atomic E-state index is 13.0. The Hall–Kier alpha value is -3.12. The van der Waals surface area contributed by atoms with Gasteiger partial charge in [-0.1, -0.05) is 65.3 Å². The Bertz CT molecular complexity index is 1050. The van der Waals surface area contributed by atoms with E-state index in [0.717, 1.165) is 16.5 Å². The molecule has 0 fully saturated rings. The van der Waals surface area contributed by atoms with Gasteiger partial charge < -0.3 is 15.4 Å². The van der Waals surface area contributed by atoms with Gasteiger partial charge >= 0.3 is 0 Å². The first-order valence-corrected chi connectivity index (χ1v) is 11.0. The van der Waals surface area contributed by atoms with Crippen molar-refractivity contribution >= 4 is 33.4 Å². The third-order valence-corrected chi connectivity index (χ3v) is 5.21. The van der Waals surface area contributed by atoms with Gasteiger partial charge in [0.1, 0.15) is 5.75 Å². The highest BCUT2D eigenvalue weighted by Crippen LogP contribution is 2.26. The summed E-state index contributed by atoms with van der Waals surface area (Å²) in [6.45, 7) is 4.44. The van der Waals surface area contributed by atoms with E-state index in [0.29, 0.717) is 29.2 Å². The van der Waals surface area contributed by atoms with Gasteiger partial charge in [-0.15, -0.1) is 0 Å². The molecule has 6 heteroatoms. The van der Waals surface area contributed by atoms with E-state index < -0.39 is 0 Å². The first-order chi connectivity index (χ1) is 15.0. The Kier molecular flexibility index (Phi) is 7.84. The van der Waals surface area contributed by atoms with Gasteiger partial charge in [0.15, 0.2) is 0 Å². The molecule has 3 aromatic rings. The summed E-state index contributed by atoms with van der Waals surface area (Å²) in [5.41, 5.74) is 2.23. The largest absolute Gasteiger partial charge is 0.493 e. The predicted octanol–water partition coefficient (Wildman–Crippen LogP) is 5.98. The molecule has 2 N–H and O–H groups in total. The lowest BCUT2D eigenvalue weighted by molar-refractivity contribution is 0.0941. The maximum Gasteiger partial charge on any atom is 0.259 e. The number of benzene rings is 3. The average Bonchev–Trinajstić information content (AvgIpc) is 2.79. The number of para-hydroxylation sites is 1. The molecule has 0 spiro atoms. The summed E-state index contributed by atoms with van der Waals surface area (Å²) in [5, 5.41) is 5.86. The molecular formula is C25H25BrN2O3. The van der Waals surface area contributed by atoms with Crippen molar-refractivity contribution in [3.05, 3.63) is 94.0 Å². The highest BCUT2D eigenvalue weighted by Gasteiger charge is 2.19. The summed E-state index contributed by atoms with van der Waals surface area (Å²) in [4.78, 5) is 26.0. The Balaban J connectivity index is 1.80. The summed E-state index contributed by atoms with van der Waals surface area (Å²) in [6, 6.07) is 21.8. The fourth-order valence-corrected chi connectivity index (χ4v) is 3.46. The molecule has 31 heavy (non-hydrogen) atoms. The van der Waals surface area contributed by atoms with Gasteiger partial charge in [0.25, 0.3) is 11.8 Å². The van der Waals surface area contributed by atoms with Crippen LogP contribution in [0.25, 0.3) is 0 Å². The summed E-state index contributed by atoms with van der Waals surface area (Å²) in [6.07, 6.45) is 0.833. The molecule has 3 aromatic carbocycles. The molecule has 0 aliphatic rings. The fourth-order valence-electron chi connectivity index (χ4n) is 3.10. The van der Waals surface area contributed by atoms with Crippen molar-refractivity contribution in [1.29, 1.82) is 0 Å². The smallest absolute Gasteiger partial charge is 0.259 e. The number of rotatable bonds is 8. The third-order valence-electron chi connectivity index (χ3n) is 4.71. The molecule has 5 nitrogen and oxygen atoms in total. The van der Waals surface area contributed by atoms with Gasteiger partial charge in [-0.2, -0.15) is 0 Å². The summed E-state index contributed by atoms with van der Waals surface area (Å²) >= 11 is 3.41. The normalized spacial score (nSPS) is 11.5. The molecule has 0 heterocycles. The van der Waals surface area contributed by atoms with Crippen LogP contribution in [0, 0.1) is 0 Å². The van der Waals surface area contributed by atoms with E-state index in [2.05, 4.69) is 26.6 Å². The lowest BCUT2D eigenvalue weighted by Crippen LogP contribution is -2.28. The summed E-state index contributed by atoms with van der Waals surface area (Å²) in [5.74, 6) is -0.102. The molecule has 2 amide bonds. The molecular weight excluding hydrogens is 456 g/mol. The monoisotopic (exact) mass is 480 g/mol. The molecule has 1 unspecified atom stereocenters. The molecule has 160 valence electrons. The lowest BCUT2D eigenvalue weighted by Gasteiger charge is -2.17. The first kappa shape index (κ1) is 22.6. The molecule has 0 aliphatic heterocycles. The quantitative estimate of drug-likeness (QED) is 0.416. The van der Waals surface area contributed by atoms with Gasteiger partial charge in [-0.3, -0.25) is 9.59 Å². The highest BCUT2D eigenvalue weighted by atomic mass is 79.9. The zero-order chi connectivity index (χ0) is 22.2. The van der Waals surface area contributed by atoms with Crippen LogP contribution in [-0.4, -0.2) is 18.4 Å². The number of anilines is 1. The molecule has 0 saturated carbocycles. The number of amides is 2. The number of hydrogen-bond acceptors (Lipinski definition) is 3. The lowest BCUT2D eigenvalue weighted by atomic mass is 10.1. The molecule has 0 aliphatic carbocycles. The van der Waals surface area contributed by atoms with Crippen molar-refractivity contribution in [2.45, 2.75) is 26.3 Å². The van der Waals surface area contributed by atoms with Gasteiger partial charge in [0.05, 0.1) is 29.5 Å². The maximum atomic E-state index is 13.0. The fraction of sp³-hybridized carbons (Fsp3) is 0.200. The number of hydrogen-bond donors (Lipinski definition) is 2. The molecule has 0 saturated heterocycles. The Morgan fingerprint density at radius 1 is 0.935 bits per heavy atom. The van der Waals surface area contributed by atoms with Crippen molar-refractivity contribution in [1.82, 2.24) is 5.32 Å². The van der Waals surface area contributed by atoms with E-state index in [-0.39, 0.29) is 17.9 Å². The second kappa shape index (κ2) is 10.8. The number of carbonyl (C=O) groups is 2. The minimum absolute atomic E-state index is 0.170. The van der Waals surface area contributed by atoms with Gasteiger partial charge in [-0.25, -0.2) is 0 Å². The van der Waals surface area contributed by atoms with Crippen molar-refractivity contribution in [2.24, 2.45) is 0 Å². The number of ether oxygens (including phenoxy) is 1. The van der Waals surface area contributed by atoms with Crippen LogP contribution >= 0.6 is 15.9 Å². The standard InChI is InChI=1S/C25H25BrN2O3/c1-3-15-31-23-14-13-19(26)16-21(23)25(30)28-22-12-8-7-11-20(22)24(29)27-17(2)18-9-5-4-6-10-18/h4-14,16-17H,3,15H2,1-2H3,(H,27,29)(H,28,30). The van der Waals surface area contributed by atoms with Crippen LogP contribution in [0.15, 0.2) is 77.3 Å². The van der Waals surface area contributed by atoms with E-state index in [1.165, 1.54) is 0 Å². The second-order valence-electron chi connectivity index (χ2n) is 7.09. The SMILES string of the molecule is CCCOc1ccc(Br)cc1C(=O)Nc1ccccc1C(=O)NC(C)c1ccccc1. The average molecular weight is 481 g/mol. The van der Waals surface area contributed by atoms with Crippen LogP contribution in [0.1, 0.15) is 52.6 Å². The van der Waals surface area contributed by atoms with E-state index in [4.69, 9.17) is 4.74 Å². The molecule has 0 bridgehead atoms. The minimum Gasteiger partial charge on any atom is -0.493 e. The zero-order valence-corrected chi connectivity index (χ0v) is 19.1. The van der Waals surface area contributed by atoms with Gasteiger partial charge in [-0.05, 0) is 49.2 Å². The molecule has 0 aromatic heterocycles. The van der Waals surface area contributed by atoms with Gasteiger partial charge in [0, 0.05) is 4.47 Å². The third kappa shape index (κ3) is 5.95. The van der Waals surface area contributed by atoms with Crippen LogP contribution in [0.3, 0.4) is 0 Å². The molecule has 0 radical (unpaired) electrons. The van der Waals surface area contributed by atoms with Crippen molar-refractivity contribution in [2.75, 3.05) is 11.9 Å². The van der Waals surface area contributed by atoms with Crippen LogP contribution in [0.4, 0.5) is 5.69 Å². The van der Waals surface area contributed by atoms with E-state index in [9.17, 15) is 9.59 Å². The predicted molar refractivity (Wildman–Crippen MR) is 127 cm³/mol. The van der Waals surface area contributed by atoms with Crippen molar-refractivity contribution < 1.29 is 14.3 Å². The molecule has 3 rings (SSSR count). The topological polar surface area (TPSA) is 67.4 Å². The van der Waals surface area contributed by atoms with Gasteiger partial charge in [0.2, 0.25) is 0 Å². The van der Waals surface area contributed by atoms with Crippen molar-refractivity contribution in [3.63, 3.8) is 0 Å². The number of halogens is 1. The number of carbonyl (C=O) groups excluding carboxylic acids is 2. The van der Waals surface area contributed by atoms with E-state index in [1.807, 2.05) is 50.2 Å². The Labute approximate surface area is 191 Å². The Morgan fingerprint density at radius 3 is 2.39 bits per heavy atom. The van der Waals surface area contributed by atoms with Crippen LogP contribution < -0.4 is 15.4 Å². The van der Waals surface area contributed by atoms with Crippen molar-refractivity contribution in [3.8, 4) is 5.75 Å². The first-order valence-electron chi connectivity index (χ1n) is 10.2. The van der Waals surface area contributed by atoms with E-state index in [1.54, 1.807) is 36.4 Å². The molecule has 1 atom stereocenters. The Morgan fingerprint density at radius 2 is 1.65 bits per heavy atom. The highest BCUT2D eigenvalue weighted by molar-refractivity contribution is 9.10. The van der Waals surface area contributed by atoms with Crippen LogP contribution in [0.5, 0.6) is 5.75 Å². The number of nitrogens with one attached hydrogen (secondary N) is 2. The van der Waals surface area contributed by atoms with Crippen LogP contribution in [0.2, 0.25) is 0 Å². The summed E-state index contributed by atoms with van der Waals surface area (Å²) in [7, 11) is 0. The zero-order valence-electron chi connectivity index (χ0n) is 17.5. The van der Waals surface area contributed by atoms with Crippen LogP contribution in [-0.2, 0) is 0 Å². The van der Waals surface area contributed by atoms with E-state index >= 15 is 0 Å². The second-order valence-corrected chi connectivity index (χ2v) is 8.01. The summed E-state index contributed by atoms with van der Waals surface area (Å²) < 4.78 is 6.49.